The van der Waals surface area contributed by atoms with Gasteiger partial charge in [-0.2, -0.15) is 0 Å². The molecule has 1 amide bonds. The number of hydrogen-bond acceptors (Lipinski definition) is 9. The van der Waals surface area contributed by atoms with E-state index in [2.05, 4.69) is 10.3 Å². The number of thiazole rings is 1. The van der Waals surface area contributed by atoms with E-state index in [9.17, 15) is 14.4 Å². The van der Waals surface area contributed by atoms with Gasteiger partial charge in [0.25, 0.3) is 5.91 Å². The van der Waals surface area contributed by atoms with E-state index < -0.39 is 24.5 Å². The third kappa shape index (κ3) is 5.71. The number of aryl methyl sites for hydroxylation is 2. The predicted molar refractivity (Wildman–Crippen MR) is 122 cm³/mol. The average Bonchev–Trinajstić information content (AvgIpc) is 3.32. The maximum absolute atomic E-state index is 12.3. The number of nitrogens with one attached hydrogen (secondary N) is 1. The minimum absolute atomic E-state index is 0.285. The Labute approximate surface area is 193 Å². The van der Waals surface area contributed by atoms with Crippen LogP contribution >= 0.6 is 22.7 Å². The number of aromatic nitrogens is 1. The van der Waals surface area contributed by atoms with Crippen molar-refractivity contribution in [1.29, 1.82) is 0 Å². The number of anilines is 1. The summed E-state index contributed by atoms with van der Waals surface area (Å²) in [5.74, 6) is -1.15. The molecule has 0 spiro atoms. The average molecular weight is 475 g/mol. The lowest BCUT2D eigenvalue weighted by Crippen LogP contribution is -2.21. The molecule has 2 heterocycles. The molecule has 10 heteroatoms. The molecule has 0 saturated carbocycles. The highest BCUT2D eigenvalue weighted by molar-refractivity contribution is 7.16. The minimum atomic E-state index is -0.645. The zero-order valence-electron chi connectivity index (χ0n) is 18.0. The second-order valence-electron chi connectivity index (χ2n) is 6.77. The van der Waals surface area contributed by atoms with Gasteiger partial charge in [-0.05, 0) is 50.6 Å². The smallest absolute Gasteiger partial charge is 0.341 e. The van der Waals surface area contributed by atoms with Gasteiger partial charge in [0.1, 0.15) is 17.4 Å². The normalized spacial score (nSPS) is 10.5. The molecule has 0 aliphatic rings. The van der Waals surface area contributed by atoms with E-state index in [4.69, 9.17) is 14.2 Å². The number of esters is 2. The van der Waals surface area contributed by atoms with Gasteiger partial charge < -0.3 is 19.5 Å². The number of hydrogen-bond donors (Lipinski definition) is 1. The van der Waals surface area contributed by atoms with Crippen molar-refractivity contribution in [3.8, 4) is 5.75 Å². The third-order valence-electron chi connectivity index (χ3n) is 4.51. The van der Waals surface area contributed by atoms with Crippen molar-refractivity contribution in [3.63, 3.8) is 0 Å². The van der Waals surface area contributed by atoms with Crippen molar-refractivity contribution in [1.82, 2.24) is 4.98 Å². The number of ether oxygens (including phenoxy) is 3. The molecule has 0 unspecified atom stereocenters. The first-order valence-corrected chi connectivity index (χ1v) is 11.3. The fourth-order valence-corrected chi connectivity index (χ4v) is 4.42. The number of carbonyl (C=O) groups is 3. The van der Waals surface area contributed by atoms with Gasteiger partial charge in [0.15, 0.2) is 6.61 Å². The van der Waals surface area contributed by atoms with Gasteiger partial charge in [-0.1, -0.05) is 0 Å². The van der Waals surface area contributed by atoms with E-state index in [0.29, 0.717) is 22.9 Å². The molecule has 168 valence electrons. The second kappa shape index (κ2) is 10.4. The molecule has 0 saturated heterocycles. The summed E-state index contributed by atoms with van der Waals surface area (Å²) >= 11 is 2.81. The topological polar surface area (TPSA) is 104 Å². The fourth-order valence-electron chi connectivity index (χ4n) is 2.76. The molecule has 0 aliphatic heterocycles. The molecule has 8 nitrogen and oxygen atoms in total. The lowest BCUT2D eigenvalue weighted by atomic mass is 10.1. The molecule has 32 heavy (non-hydrogen) atoms. The summed E-state index contributed by atoms with van der Waals surface area (Å²) < 4.78 is 15.5. The molecule has 1 aromatic carbocycles. The van der Waals surface area contributed by atoms with Gasteiger partial charge in [-0.15, -0.1) is 22.7 Å². The van der Waals surface area contributed by atoms with Gasteiger partial charge >= 0.3 is 11.9 Å². The first-order chi connectivity index (χ1) is 15.3. The first kappa shape index (κ1) is 23.4. The zero-order chi connectivity index (χ0) is 23.3. The van der Waals surface area contributed by atoms with Gasteiger partial charge in [0.05, 0.1) is 28.9 Å². The SMILES string of the molecule is COC(=O)c1c(NC(=O)COC(=O)c2ccc(OCc3csc(C)n3)cc2)sc(C)c1C. The van der Waals surface area contributed by atoms with Crippen LogP contribution in [0.4, 0.5) is 5.00 Å². The molecule has 3 aromatic rings. The highest BCUT2D eigenvalue weighted by Crippen LogP contribution is 2.32. The molecule has 2 aromatic heterocycles. The van der Waals surface area contributed by atoms with Crippen molar-refractivity contribution >= 4 is 45.5 Å². The van der Waals surface area contributed by atoms with Crippen molar-refractivity contribution in [2.45, 2.75) is 27.4 Å². The maximum Gasteiger partial charge on any atom is 0.341 e. The maximum atomic E-state index is 12.3. The molecule has 0 aliphatic carbocycles. The summed E-state index contributed by atoms with van der Waals surface area (Å²) in [7, 11) is 1.28. The fraction of sp³-hybridized carbons (Fsp3) is 0.273. The van der Waals surface area contributed by atoms with Crippen molar-refractivity contribution in [2.75, 3.05) is 19.0 Å². The second-order valence-corrected chi connectivity index (χ2v) is 9.06. The van der Waals surface area contributed by atoms with Crippen LogP contribution in [-0.4, -0.2) is 36.5 Å². The summed E-state index contributed by atoms with van der Waals surface area (Å²) in [6.45, 7) is 5.39. The van der Waals surface area contributed by atoms with E-state index >= 15 is 0 Å². The lowest BCUT2D eigenvalue weighted by molar-refractivity contribution is -0.119. The molecule has 0 atom stereocenters. The summed E-state index contributed by atoms with van der Waals surface area (Å²) in [5.41, 5.74) is 2.17. The summed E-state index contributed by atoms with van der Waals surface area (Å²) in [4.78, 5) is 41.7. The van der Waals surface area contributed by atoms with E-state index in [1.54, 1.807) is 42.5 Å². The van der Waals surface area contributed by atoms with Gasteiger partial charge in [-0.3, -0.25) is 4.79 Å². The van der Waals surface area contributed by atoms with Crippen molar-refractivity contribution in [3.05, 3.63) is 61.9 Å². The summed E-state index contributed by atoms with van der Waals surface area (Å²) in [6, 6.07) is 6.41. The first-order valence-electron chi connectivity index (χ1n) is 9.57. The Hall–Kier alpha value is -3.24. The molecule has 3 rings (SSSR count). The highest BCUT2D eigenvalue weighted by atomic mass is 32.1. The van der Waals surface area contributed by atoms with Crippen LogP contribution in [0.15, 0.2) is 29.6 Å². The summed E-state index contributed by atoms with van der Waals surface area (Å²) in [5, 5.41) is 5.88. The van der Waals surface area contributed by atoms with Gasteiger partial charge in [-0.25, -0.2) is 14.6 Å². The Bertz CT molecular complexity index is 1130. The number of thiophene rings is 1. The van der Waals surface area contributed by atoms with E-state index in [1.807, 2.05) is 19.2 Å². The molecular formula is C22H22N2O6S2. The Morgan fingerprint density at radius 3 is 2.41 bits per heavy atom. The Morgan fingerprint density at radius 2 is 1.78 bits per heavy atom. The van der Waals surface area contributed by atoms with Crippen LogP contribution in [0.3, 0.4) is 0 Å². The Morgan fingerprint density at radius 1 is 1.06 bits per heavy atom. The number of benzene rings is 1. The van der Waals surface area contributed by atoms with Crippen LogP contribution in [0.25, 0.3) is 0 Å². The molecule has 0 radical (unpaired) electrons. The molecule has 0 bridgehead atoms. The van der Waals surface area contributed by atoms with E-state index in [1.165, 1.54) is 18.4 Å². The summed E-state index contributed by atoms with van der Waals surface area (Å²) in [6.07, 6.45) is 0. The van der Waals surface area contributed by atoms with Crippen molar-refractivity contribution < 1.29 is 28.6 Å². The van der Waals surface area contributed by atoms with Crippen LogP contribution in [0.2, 0.25) is 0 Å². The number of methoxy groups -OCH3 is 1. The van der Waals surface area contributed by atoms with Crippen LogP contribution < -0.4 is 10.1 Å². The molecule has 1 N–H and O–H groups in total. The largest absolute Gasteiger partial charge is 0.487 e. The Balaban J connectivity index is 1.52. The third-order valence-corrected chi connectivity index (χ3v) is 6.45. The molecular weight excluding hydrogens is 452 g/mol. The van der Waals surface area contributed by atoms with Crippen molar-refractivity contribution in [2.24, 2.45) is 0 Å². The number of nitrogens with zero attached hydrogens (tertiary/aromatic N) is 1. The Kier molecular flexibility index (Phi) is 7.60. The van der Waals surface area contributed by atoms with Gasteiger partial charge in [0, 0.05) is 10.3 Å². The molecule has 0 fully saturated rings. The van der Waals surface area contributed by atoms with Crippen LogP contribution in [-0.2, 0) is 20.9 Å². The van der Waals surface area contributed by atoms with Crippen LogP contribution in [0.5, 0.6) is 5.75 Å². The number of carbonyl (C=O) groups excluding carboxylic acids is 3. The zero-order valence-corrected chi connectivity index (χ0v) is 19.6. The number of rotatable bonds is 8. The monoisotopic (exact) mass is 474 g/mol. The standard InChI is InChI=1S/C22H22N2O6S2/c1-12-13(2)32-20(19(12)22(27)28-4)24-18(25)10-30-21(26)15-5-7-17(8-6-15)29-9-16-11-31-14(3)23-16/h5-8,11H,9-10H2,1-4H3,(H,24,25). The van der Waals surface area contributed by atoms with Crippen LogP contribution in [0.1, 0.15) is 41.9 Å². The van der Waals surface area contributed by atoms with Gasteiger partial charge in [0.2, 0.25) is 0 Å². The highest BCUT2D eigenvalue weighted by Gasteiger charge is 2.22. The van der Waals surface area contributed by atoms with E-state index in [0.717, 1.165) is 21.1 Å². The van der Waals surface area contributed by atoms with E-state index in [-0.39, 0.29) is 5.56 Å². The van der Waals surface area contributed by atoms with Crippen LogP contribution in [0, 0.1) is 20.8 Å². The number of amides is 1. The predicted octanol–water partition coefficient (Wildman–Crippen LogP) is 4.29. The minimum Gasteiger partial charge on any atom is -0.487 e. The lowest BCUT2D eigenvalue weighted by Gasteiger charge is -2.08. The quantitative estimate of drug-likeness (QED) is 0.486.